The summed E-state index contributed by atoms with van der Waals surface area (Å²) in [4.78, 5) is 34.0. The van der Waals surface area contributed by atoms with Gasteiger partial charge in [-0.25, -0.2) is 4.39 Å². The van der Waals surface area contributed by atoms with Gasteiger partial charge >= 0.3 is 0 Å². The first-order valence-corrected chi connectivity index (χ1v) is 10.8. The molecule has 2 aliphatic rings. The summed E-state index contributed by atoms with van der Waals surface area (Å²) in [5.41, 5.74) is 3.45. The van der Waals surface area contributed by atoms with Crippen LogP contribution in [0.5, 0.6) is 0 Å². The van der Waals surface area contributed by atoms with Gasteiger partial charge in [0.05, 0.1) is 17.7 Å². The molecule has 2 aromatic carbocycles. The van der Waals surface area contributed by atoms with Crippen LogP contribution in [0.2, 0.25) is 0 Å². The van der Waals surface area contributed by atoms with Crippen molar-refractivity contribution in [3.63, 3.8) is 0 Å². The van der Waals surface area contributed by atoms with Crippen molar-refractivity contribution in [2.75, 3.05) is 49.1 Å². The molecule has 3 heterocycles. The van der Waals surface area contributed by atoms with Crippen LogP contribution in [0.25, 0.3) is 10.9 Å². The maximum atomic E-state index is 13.8. The Balaban J connectivity index is 1.28. The summed E-state index contributed by atoms with van der Waals surface area (Å²) in [6, 6.07) is 14.1. The zero-order valence-electron chi connectivity index (χ0n) is 17.3. The highest BCUT2D eigenvalue weighted by Crippen LogP contribution is 2.28. The predicted molar refractivity (Wildman–Crippen MR) is 120 cm³/mol. The van der Waals surface area contributed by atoms with Gasteiger partial charge in [0.15, 0.2) is 0 Å². The Labute approximate surface area is 179 Å². The number of H-pyrrole nitrogens is 1. The predicted octanol–water partition coefficient (Wildman–Crippen LogP) is 2.77. The monoisotopic (exact) mass is 420 g/mol. The molecule has 0 spiro atoms. The first kappa shape index (κ1) is 19.8. The van der Waals surface area contributed by atoms with Gasteiger partial charge in [-0.3, -0.25) is 14.5 Å². The summed E-state index contributed by atoms with van der Waals surface area (Å²) in [5, 5.41) is 0.703. The molecule has 0 unspecified atom stereocenters. The van der Waals surface area contributed by atoms with Gasteiger partial charge in [0.2, 0.25) is 11.5 Å². The number of nitrogens with zero attached hydrogens (tertiary/aromatic N) is 3. The Hall–Kier alpha value is -3.19. The lowest BCUT2D eigenvalue weighted by atomic mass is 10.0. The molecule has 160 valence electrons. The van der Waals surface area contributed by atoms with Gasteiger partial charge in [-0.2, -0.15) is 0 Å². The fraction of sp³-hybridized carbons (Fsp3) is 0.333. The van der Waals surface area contributed by atoms with Crippen molar-refractivity contribution in [1.29, 1.82) is 0 Å². The molecule has 0 radical (unpaired) electrons. The Kier molecular flexibility index (Phi) is 5.19. The number of aryl methyl sites for hydroxylation is 1. The first-order valence-electron chi connectivity index (χ1n) is 10.8. The van der Waals surface area contributed by atoms with E-state index in [0.717, 1.165) is 30.8 Å². The molecular formula is C24H25FN4O2. The number of halogens is 1. The van der Waals surface area contributed by atoms with Crippen LogP contribution in [0.1, 0.15) is 12.0 Å². The van der Waals surface area contributed by atoms with E-state index in [1.165, 1.54) is 23.8 Å². The maximum absolute atomic E-state index is 13.8. The number of benzene rings is 2. The number of pyridine rings is 1. The minimum Gasteiger partial charge on any atom is -0.368 e. The molecule has 0 bridgehead atoms. The third-order valence-electron chi connectivity index (χ3n) is 6.27. The summed E-state index contributed by atoms with van der Waals surface area (Å²) in [5.74, 6) is -0.198. The molecule has 0 saturated carbocycles. The number of aromatic nitrogens is 1. The molecule has 7 heteroatoms. The average Bonchev–Trinajstić information content (AvgIpc) is 2.79. The minimum absolute atomic E-state index is 0.129. The van der Waals surface area contributed by atoms with Crippen LogP contribution in [0.15, 0.2) is 53.3 Å². The number of piperazine rings is 1. The largest absolute Gasteiger partial charge is 0.368 e. The number of hydrogen-bond acceptors (Lipinski definition) is 4. The number of para-hydroxylation sites is 1. The smallest absolute Gasteiger partial charge is 0.250 e. The van der Waals surface area contributed by atoms with Gasteiger partial charge in [0.25, 0.3) is 0 Å². The first-order chi connectivity index (χ1) is 15.1. The lowest BCUT2D eigenvalue weighted by molar-refractivity contribution is -0.119. The fourth-order valence-electron chi connectivity index (χ4n) is 4.69. The third kappa shape index (κ3) is 3.93. The highest BCUT2D eigenvalue weighted by atomic mass is 19.1. The van der Waals surface area contributed by atoms with Crippen LogP contribution in [0, 0.1) is 5.82 Å². The highest BCUT2D eigenvalue weighted by Gasteiger charge is 2.26. The van der Waals surface area contributed by atoms with Gasteiger partial charge in [0, 0.05) is 49.9 Å². The van der Waals surface area contributed by atoms with Crippen molar-refractivity contribution >= 4 is 28.2 Å². The lowest BCUT2D eigenvalue weighted by Crippen LogP contribution is -2.51. The summed E-state index contributed by atoms with van der Waals surface area (Å²) in [6.45, 7) is 3.93. The second kappa shape index (κ2) is 8.15. The third-order valence-corrected chi connectivity index (χ3v) is 6.27. The number of anilines is 2. The number of aromatic amines is 1. The maximum Gasteiger partial charge on any atom is 0.250 e. The van der Waals surface area contributed by atoms with Gasteiger partial charge in [0.1, 0.15) is 5.82 Å². The van der Waals surface area contributed by atoms with Gasteiger partial charge < -0.3 is 14.8 Å². The van der Waals surface area contributed by atoms with Crippen LogP contribution < -0.4 is 15.4 Å². The quantitative estimate of drug-likeness (QED) is 0.708. The molecule has 1 saturated heterocycles. The van der Waals surface area contributed by atoms with Crippen LogP contribution in [0.3, 0.4) is 0 Å². The van der Waals surface area contributed by atoms with Crippen molar-refractivity contribution in [2.45, 2.75) is 12.8 Å². The lowest BCUT2D eigenvalue weighted by Gasteiger charge is -2.37. The molecule has 5 rings (SSSR count). The standard InChI is InChI=1S/C24H25FN4O2/c25-18-7-8-20-19(14-18)22(15-23(30)26-20)28-12-10-27(11-13-28)16-24(31)29-9-3-5-17-4-1-2-6-21(17)29/h1-2,4,6-8,14-15H,3,5,9-13,16H2,(H,26,30). The van der Waals surface area contributed by atoms with E-state index in [4.69, 9.17) is 0 Å². The molecule has 3 aromatic rings. The van der Waals surface area contributed by atoms with Crippen LogP contribution in [-0.4, -0.2) is 55.1 Å². The Morgan fingerprint density at radius 2 is 1.77 bits per heavy atom. The minimum atomic E-state index is -0.327. The van der Waals surface area contributed by atoms with Crippen molar-refractivity contribution in [3.8, 4) is 0 Å². The van der Waals surface area contributed by atoms with Gasteiger partial charge in [-0.05, 0) is 42.7 Å². The normalized spacial score (nSPS) is 17.1. The number of fused-ring (bicyclic) bond motifs is 2. The second-order valence-corrected chi connectivity index (χ2v) is 8.25. The van der Waals surface area contributed by atoms with Crippen molar-refractivity contribution in [1.82, 2.24) is 9.88 Å². The second-order valence-electron chi connectivity index (χ2n) is 8.25. The topological polar surface area (TPSA) is 59.7 Å². The van der Waals surface area contributed by atoms with E-state index in [-0.39, 0.29) is 17.3 Å². The number of carbonyl (C=O) groups excluding carboxylic acids is 1. The zero-order valence-corrected chi connectivity index (χ0v) is 17.3. The van der Waals surface area contributed by atoms with Gasteiger partial charge in [-0.1, -0.05) is 18.2 Å². The molecule has 0 aliphatic carbocycles. The molecule has 6 nitrogen and oxygen atoms in total. The van der Waals surface area contributed by atoms with Crippen LogP contribution in [0.4, 0.5) is 15.8 Å². The Morgan fingerprint density at radius 3 is 2.61 bits per heavy atom. The number of rotatable bonds is 3. The van der Waals surface area contributed by atoms with E-state index in [1.807, 2.05) is 23.1 Å². The van der Waals surface area contributed by atoms with Crippen LogP contribution in [-0.2, 0) is 11.2 Å². The number of carbonyl (C=O) groups is 1. The molecule has 0 atom stereocenters. The van der Waals surface area contributed by atoms with Crippen molar-refractivity contribution in [3.05, 3.63) is 70.3 Å². The molecule has 1 N–H and O–H groups in total. The van der Waals surface area contributed by atoms with E-state index in [2.05, 4.69) is 20.9 Å². The van der Waals surface area contributed by atoms with E-state index in [1.54, 1.807) is 6.07 Å². The number of hydrogen-bond donors (Lipinski definition) is 1. The van der Waals surface area contributed by atoms with Gasteiger partial charge in [-0.15, -0.1) is 0 Å². The molecule has 1 amide bonds. The van der Waals surface area contributed by atoms with E-state index < -0.39 is 0 Å². The molecular weight excluding hydrogens is 395 g/mol. The summed E-state index contributed by atoms with van der Waals surface area (Å²) in [6.07, 6.45) is 2.01. The number of amides is 1. The zero-order chi connectivity index (χ0) is 21.4. The van der Waals surface area contributed by atoms with Crippen LogP contribution >= 0.6 is 0 Å². The average molecular weight is 420 g/mol. The Bertz CT molecular complexity index is 1180. The molecule has 1 fully saturated rings. The Morgan fingerprint density at radius 1 is 0.968 bits per heavy atom. The molecule has 1 aromatic heterocycles. The van der Waals surface area contributed by atoms with E-state index in [0.29, 0.717) is 43.6 Å². The van der Waals surface area contributed by atoms with Crippen molar-refractivity contribution in [2.24, 2.45) is 0 Å². The molecule has 31 heavy (non-hydrogen) atoms. The summed E-state index contributed by atoms with van der Waals surface area (Å²) < 4.78 is 13.8. The van der Waals surface area contributed by atoms with E-state index >= 15 is 0 Å². The summed E-state index contributed by atoms with van der Waals surface area (Å²) >= 11 is 0. The SMILES string of the molecule is O=C(CN1CCN(c2cc(=O)[nH]c3ccc(F)cc23)CC1)N1CCCc2ccccc21. The fourth-order valence-corrected chi connectivity index (χ4v) is 4.69. The summed E-state index contributed by atoms with van der Waals surface area (Å²) in [7, 11) is 0. The number of nitrogens with one attached hydrogen (secondary N) is 1. The van der Waals surface area contributed by atoms with Crippen molar-refractivity contribution < 1.29 is 9.18 Å². The van der Waals surface area contributed by atoms with E-state index in [9.17, 15) is 14.0 Å². The highest BCUT2D eigenvalue weighted by molar-refractivity contribution is 5.96. The molecule has 2 aliphatic heterocycles.